The van der Waals surface area contributed by atoms with Gasteiger partial charge in [0.15, 0.2) is 0 Å². The van der Waals surface area contributed by atoms with Gasteiger partial charge in [0.1, 0.15) is 5.82 Å². The first-order chi connectivity index (χ1) is 8.22. The summed E-state index contributed by atoms with van der Waals surface area (Å²) >= 11 is 0. The van der Waals surface area contributed by atoms with Crippen molar-refractivity contribution >= 4 is 5.97 Å². The van der Waals surface area contributed by atoms with Gasteiger partial charge in [-0.15, -0.1) is 5.10 Å². The molecule has 2 aromatic rings. The molecule has 0 aliphatic heterocycles. The SMILES string of the molecule is CCCc1nc(C(=O)O)nn1-c1cccnc1. The van der Waals surface area contributed by atoms with E-state index in [4.69, 9.17) is 5.11 Å². The Hall–Kier alpha value is -2.24. The average Bonchev–Trinajstić information content (AvgIpc) is 2.75. The Bertz CT molecular complexity index is 522. The minimum atomic E-state index is -1.12. The first kappa shape index (κ1) is 11.3. The summed E-state index contributed by atoms with van der Waals surface area (Å²) in [5, 5.41) is 12.8. The van der Waals surface area contributed by atoms with Crippen LogP contribution in [-0.4, -0.2) is 30.8 Å². The van der Waals surface area contributed by atoms with Crippen molar-refractivity contribution in [2.75, 3.05) is 0 Å². The van der Waals surface area contributed by atoms with Crippen molar-refractivity contribution in [3.63, 3.8) is 0 Å². The molecule has 2 rings (SSSR count). The molecule has 2 heterocycles. The molecule has 0 aliphatic carbocycles. The molecule has 1 N–H and O–H groups in total. The van der Waals surface area contributed by atoms with E-state index in [1.807, 2.05) is 13.0 Å². The lowest BCUT2D eigenvalue weighted by Gasteiger charge is -2.03. The molecule has 2 aromatic heterocycles. The maximum Gasteiger partial charge on any atom is 0.375 e. The number of aromatic nitrogens is 4. The molecule has 6 nitrogen and oxygen atoms in total. The van der Waals surface area contributed by atoms with E-state index < -0.39 is 5.97 Å². The quantitative estimate of drug-likeness (QED) is 0.859. The van der Waals surface area contributed by atoms with E-state index >= 15 is 0 Å². The van der Waals surface area contributed by atoms with Crippen LogP contribution in [0.5, 0.6) is 0 Å². The summed E-state index contributed by atoms with van der Waals surface area (Å²) in [4.78, 5) is 18.8. The van der Waals surface area contributed by atoms with Gasteiger partial charge in [0.25, 0.3) is 5.82 Å². The van der Waals surface area contributed by atoms with Gasteiger partial charge in [-0.2, -0.15) is 0 Å². The number of aromatic carboxylic acids is 1. The maximum atomic E-state index is 10.8. The molecule has 0 fully saturated rings. The molecule has 6 heteroatoms. The summed E-state index contributed by atoms with van der Waals surface area (Å²) in [5.74, 6) is -0.666. The number of hydrogen-bond donors (Lipinski definition) is 1. The van der Waals surface area contributed by atoms with E-state index in [2.05, 4.69) is 15.1 Å². The first-order valence-electron chi connectivity index (χ1n) is 5.32. The highest BCUT2D eigenvalue weighted by atomic mass is 16.4. The normalized spacial score (nSPS) is 10.4. The minimum Gasteiger partial charge on any atom is -0.475 e. The van der Waals surface area contributed by atoms with Crippen molar-refractivity contribution in [1.29, 1.82) is 0 Å². The van der Waals surface area contributed by atoms with Crippen LogP contribution in [0.4, 0.5) is 0 Å². The number of carbonyl (C=O) groups is 1. The van der Waals surface area contributed by atoms with E-state index in [9.17, 15) is 4.79 Å². The summed E-state index contributed by atoms with van der Waals surface area (Å²) in [6.07, 6.45) is 4.82. The van der Waals surface area contributed by atoms with Gasteiger partial charge in [-0.25, -0.2) is 14.5 Å². The van der Waals surface area contributed by atoms with Gasteiger partial charge in [0, 0.05) is 12.6 Å². The summed E-state index contributed by atoms with van der Waals surface area (Å²) in [7, 11) is 0. The third-order valence-electron chi connectivity index (χ3n) is 2.23. The second-order valence-electron chi connectivity index (χ2n) is 3.53. The molecule has 0 aromatic carbocycles. The van der Waals surface area contributed by atoms with Crippen LogP contribution < -0.4 is 0 Å². The van der Waals surface area contributed by atoms with Crippen molar-refractivity contribution in [3.8, 4) is 5.69 Å². The fourth-order valence-corrected chi connectivity index (χ4v) is 1.51. The van der Waals surface area contributed by atoms with Crippen LogP contribution in [0.15, 0.2) is 24.5 Å². The van der Waals surface area contributed by atoms with Crippen molar-refractivity contribution in [3.05, 3.63) is 36.2 Å². The lowest BCUT2D eigenvalue weighted by Crippen LogP contribution is -2.04. The second-order valence-corrected chi connectivity index (χ2v) is 3.53. The zero-order valence-electron chi connectivity index (χ0n) is 9.37. The fourth-order valence-electron chi connectivity index (χ4n) is 1.51. The van der Waals surface area contributed by atoms with Gasteiger partial charge in [0.2, 0.25) is 0 Å². The van der Waals surface area contributed by atoms with E-state index in [0.717, 1.165) is 12.1 Å². The Kier molecular flexibility index (Phi) is 3.13. The molecule has 17 heavy (non-hydrogen) atoms. The largest absolute Gasteiger partial charge is 0.475 e. The Morgan fingerprint density at radius 1 is 1.53 bits per heavy atom. The van der Waals surface area contributed by atoms with Crippen LogP contribution in [0.2, 0.25) is 0 Å². The lowest BCUT2D eigenvalue weighted by atomic mass is 10.3. The number of carboxylic acid groups (broad SMARTS) is 1. The Labute approximate surface area is 98.0 Å². The number of pyridine rings is 1. The highest BCUT2D eigenvalue weighted by Crippen LogP contribution is 2.10. The van der Waals surface area contributed by atoms with E-state index in [1.165, 1.54) is 4.68 Å². The third-order valence-corrected chi connectivity index (χ3v) is 2.23. The van der Waals surface area contributed by atoms with Crippen LogP contribution >= 0.6 is 0 Å². The molecule has 0 radical (unpaired) electrons. The summed E-state index contributed by atoms with van der Waals surface area (Å²) < 4.78 is 1.53. The summed E-state index contributed by atoms with van der Waals surface area (Å²) in [6.45, 7) is 2.00. The minimum absolute atomic E-state index is 0.183. The monoisotopic (exact) mass is 232 g/mol. The van der Waals surface area contributed by atoms with Gasteiger partial charge in [-0.05, 0) is 18.6 Å². The molecule has 0 spiro atoms. The van der Waals surface area contributed by atoms with E-state index in [0.29, 0.717) is 12.2 Å². The predicted molar refractivity (Wildman–Crippen MR) is 60.1 cm³/mol. The molecule has 0 aliphatic rings. The molecular weight excluding hydrogens is 220 g/mol. The first-order valence-corrected chi connectivity index (χ1v) is 5.32. The molecule has 0 saturated heterocycles. The second kappa shape index (κ2) is 4.73. The fraction of sp³-hybridized carbons (Fsp3) is 0.273. The van der Waals surface area contributed by atoms with E-state index in [1.54, 1.807) is 18.5 Å². The zero-order valence-corrected chi connectivity index (χ0v) is 9.37. The smallest absolute Gasteiger partial charge is 0.375 e. The highest BCUT2D eigenvalue weighted by molar-refractivity contribution is 5.83. The Morgan fingerprint density at radius 2 is 2.35 bits per heavy atom. The van der Waals surface area contributed by atoms with Crippen LogP contribution in [0, 0.1) is 0 Å². The van der Waals surface area contributed by atoms with Crippen LogP contribution in [0.25, 0.3) is 5.69 Å². The predicted octanol–water partition coefficient (Wildman–Crippen LogP) is 1.31. The van der Waals surface area contributed by atoms with Gasteiger partial charge in [-0.1, -0.05) is 6.92 Å². The van der Waals surface area contributed by atoms with Gasteiger partial charge in [0.05, 0.1) is 11.9 Å². The molecule has 0 unspecified atom stereocenters. The van der Waals surface area contributed by atoms with Crippen molar-refractivity contribution in [2.24, 2.45) is 0 Å². The molecule has 0 amide bonds. The third kappa shape index (κ3) is 2.30. The van der Waals surface area contributed by atoms with Gasteiger partial charge < -0.3 is 5.11 Å². The number of aryl methyl sites for hydroxylation is 1. The number of carboxylic acids is 1. The lowest BCUT2D eigenvalue weighted by molar-refractivity contribution is 0.0683. The molecule has 0 bridgehead atoms. The summed E-state index contributed by atoms with van der Waals surface area (Å²) in [5.41, 5.74) is 0.718. The Morgan fingerprint density at radius 3 is 2.94 bits per heavy atom. The zero-order chi connectivity index (χ0) is 12.3. The van der Waals surface area contributed by atoms with Crippen LogP contribution in [-0.2, 0) is 6.42 Å². The maximum absolute atomic E-state index is 10.8. The summed E-state index contributed by atoms with van der Waals surface area (Å²) in [6, 6.07) is 3.58. The molecule has 88 valence electrons. The average molecular weight is 232 g/mol. The van der Waals surface area contributed by atoms with Crippen molar-refractivity contribution in [2.45, 2.75) is 19.8 Å². The molecule has 0 saturated carbocycles. The number of rotatable bonds is 4. The molecular formula is C11H12N4O2. The van der Waals surface area contributed by atoms with E-state index in [-0.39, 0.29) is 5.82 Å². The topological polar surface area (TPSA) is 80.9 Å². The number of hydrogen-bond acceptors (Lipinski definition) is 4. The van der Waals surface area contributed by atoms with Crippen LogP contribution in [0.1, 0.15) is 29.8 Å². The Balaban J connectivity index is 2.48. The van der Waals surface area contributed by atoms with Crippen molar-refractivity contribution in [1.82, 2.24) is 19.7 Å². The van der Waals surface area contributed by atoms with Crippen molar-refractivity contribution < 1.29 is 9.90 Å². The van der Waals surface area contributed by atoms with Gasteiger partial charge in [-0.3, -0.25) is 4.98 Å². The van der Waals surface area contributed by atoms with Crippen LogP contribution in [0.3, 0.4) is 0 Å². The highest BCUT2D eigenvalue weighted by Gasteiger charge is 2.15. The number of nitrogens with zero attached hydrogens (tertiary/aromatic N) is 4. The van der Waals surface area contributed by atoms with Gasteiger partial charge >= 0.3 is 5.97 Å². The molecule has 0 atom stereocenters. The standard InChI is InChI=1S/C11H12N4O2/c1-2-4-9-13-10(11(16)17)14-15(9)8-5-3-6-12-7-8/h3,5-7H,2,4H2,1H3,(H,16,17).